The normalized spacial score (nSPS) is 20.6. The zero-order valence-corrected chi connectivity index (χ0v) is 14.5. The summed E-state index contributed by atoms with van der Waals surface area (Å²) in [6, 6.07) is 8.48. The molecule has 1 aromatic carbocycles. The molecule has 0 radical (unpaired) electrons. The molecular formula is C19H23N5O. The molecule has 6 heteroatoms. The molecule has 3 heterocycles. The number of amides is 1. The molecule has 1 fully saturated rings. The fourth-order valence-electron chi connectivity index (χ4n) is 3.80. The molecule has 0 unspecified atom stereocenters. The lowest BCUT2D eigenvalue weighted by atomic mass is 10.1. The molecule has 1 aromatic heterocycles. The van der Waals surface area contributed by atoms with E-state index in [1.165, 1.54) is 5.56 Å². The van der Waals surface area contributed by atoms with E-state index in [4.69, 9.17) is 0 Å². The Morgan fingerprint density at radius 1 is 1.16 bits per heavy atom. The summed E-state index contributed by atoms with van der Waals surface area (Å²) < 4.78 is 0. The van der Waals surface area contributed by atoms with Crippen LogP contribution in [-0.2, 0) is 11.2 Å². The van der Waals surface area contributed by atoms with Crippen molar-refractivity contribution >= 4 is 17.4 Å². The second-order valence-corrected chi connectivity index (χ2v) is 6.77. The number of nitrogens with zero attached hydrogens (tertiary/aromatic N) is 5. The molecule has 1 saturated heterocycles. The Kier molecular flexibility index (Phi) is 4.36. The maximum atomic E-state index is 12.9. The number of piperazine rings is 1. The lowest BCUT2D eigenvalue weighted by Crippen LogP contribution is -2.51. The van der Waals surface area contributed by atoms with E-state index in [1.807, 2.05) is 17.0 Å². The first-order chi connectivity index (χ1) is 12.2. The van der Waals surface area contributed by atoms with Crippen molar-refractivity contribution in [1.29, 1.82) is 0 Å². The summed E-state index contributed by atoms with van der Waals surface area (Å²) in [4.78, 5) is 27.8. The number of aromatic nitrogens is 2. The second kappa shape index (κ2) is 6.80. The molecule has 2 aliphatic rings. The Hall–Kier alpha value is -2.47. The van der Waals surface area contributed by atoms with Crippen molar-refractivity contribution in [2.45, 2.75) is 19.4 Å². The monoisotopic (exact) mass is 337 g/mol. The van der Waals surface area contributed by atoms with Crippen LogP contribution in [0.4, 0.5) is 11.5 Å². The predicted molar refractivity (Wildman–Crippen MR) is 97.8 cm³/mol. The third kappa shape index (κ3) is 3.22. The Morgan fingerprint density at radius 2 is 1.96 bits per heavy atom. The van der Waals surface area contributed by atoms with Crippen molar-refractivity contribution < 1.29 is 4.79 Å². The molecule has 0 spiro atoms. The van der Waals surface area contributed by atoms with Gasteiger partial charge < -0.3 is 9.80 Å². The third-order valence-electron chi connectivity index (χ3n) is 5.08. The van der Waals surface area contributed by atoms with Crippen LogP contribution >= 0.6 is 0 Å². The number of para-hydroxylation sites is 1. The van der Waals surface area contributed by atoms with Gasteiger partial charge in [0.05, 0.1) is 12.7 Å². The van der Waals surface area contributed by atoms with Crippen molar-refractivity contribution in [3.8, 4) is 0 Å². The van der Waals surface area contributed by atoms with Crippen LogP contribution in [0.15, 0.2) is 42.9 Å². The van der Waals surface area contributed by atoms with Crippen LogP contribution in [0, 0.1) is 0 Å². The number of hydrogen-bond donors (Lipinski definition) is 0. The zero-order valence-electron chi connectivity index (χ0n) is 14.5. The molecule has 0 aliphatic carbocycles. The van der Waals surface area contributed by atoms with Gasteiger partial charge in [0, 0.05) is 50.3 Å². The minimum absolute atomic E-state index is 0.199. The number of benzene rings is 1. The highest BCUT2D eigenvalue weighted by Gasteiger charge is 2.31. The SMILES string of the molecule is C[C@@H]1Cc2ccccc2N1C(=O)CN1CCN(c2cnccn2)CC1. The number of rotatable bonds is 3. The maximum Gasteiger partial charge on any atom is 0.241 e. The molecule has 2 aromatic rings. The minimum Gasteiger partial charge on any atom is -0.353 e. The average Bonchev–Trinajstić information content (AvgIpc) is 2.99. The summed E-state index contributed by atoms with van der Waals surface area (Å²) in [6.07, 6.45) is 6.15. The fourth-order valence-corrected chi connectivity index (χ4v) is 3.80. The molecule has 6 nitrogen and oxygen atoms in total. The Labute approximate surface area is 148 Å². The van der Waals surface area contributed by atoms with E-state index in [0.29, 0.717) is 6.54 Å². The molecule has 1 amide bonds. The van der Waals surface area contributed by atoms with Gasteiger partial charge in [-0.15, -0.1) is 0 Å². The van der Waals surface area contributed by atoms with E-state index in [0.717, 1.165) is 44.1 Å². The van der Waals surface area contributed by atoms with Crippen LogP contribution in [0.3, 0.4) is 0 Å². The van der Waals surface area contributed by atoms with Gasteiger partial charge in [-0.25, -0.2) is 4.98 Å². The lowest BCUT2D eigenvalue weighted by molar-refractivity contribution is -0.120. The van der Waals surface area contributed by atoms with Gasteiger partial charge >= 0.3 is 0 Å². The quantitative estimate of drug-likeness (QED) is 0.851. The zero-order chi connectivity index (χ0) is 17.2. The van der Waals surface area contributed by atoms with Crippen LogP contribution in [0.25, 0.3) is 0 Å². The van der Waals surface area contributed by atoms with Gasteiger partial charge in [0.1, 0.15) is 5.82 Å². The average molecular weight is 337 g/mol. The number of fused-ring (bicyclic) bond motifs is 1. The first kappa shape index (κ1) is 16.0. The summed E-state index contributed by atoms with van der Waals surface area (Å²) in [5.41, 5.74) is 2.36. The van der Waals surface area contributed by atoms with Gasteiger partial charge in [0.25, 0.3) is 0 Å². The smallest absolute Gasteiger partial charge is 0.241 e. The van der Waals surface area contributed by atoms with Gasteiger partial charge in [-0.3, -0.25) is 14.7 Å². The molecule has 2 aliphatic heterocycles. The van der Waals surface area contributed by atoms with E-state index in [9.17, 15) is 4.79 Å². The standard InChI is InChI=1S/C19H23N5O/c1-15-12-16-4-2-3-5-17(16)24(15)19(25)14-22-8-10-23(11-9-22)18-13-20-6-7-21-18/h2-7,13,15H,8-12,14H2,1H3/t15-/m1/s1. The van der Waals surface area contributed by atoms with Crippen molar-refractivity contribution in [3.05, 3.63) is 48.4 Å². The molecule has 0 N–H and O–H groups in total. The maximum absolute atomic E-state index is 12.9. The van der Waals surface area contributed by atoms with Gasteiger partial charge in [-0.1, -0.05) is 18.2 Å². The van der Waals surface area contributed by atoms with Crippen molar-refractivity contribution in [1.82, 2.24) is 14.9 Å². The second-order valence-electron chi connectivity index (χ2n) is 6.77. The largest absolute Gasteiger partial charge is 0.353 e. The summed E-state index contributed by atoms with van der Waals surface area (Å²) in [6.45, 7) is 6.09. The highest BCUT2D eigenvalue weighted by molar-refractivity contribution is 5.97. The predicted octanol–water partition coefficient (Wildman–Crippen LogP) is 1.58. The highest BCUT2D eigenvalue weighted by atomic mass is 16.2. The third-order valence-corrected chi connectivity index (χ3v) is 5.08. The van der Waals surface area contributed by atoms with Gasteiger partial charge in [0.15, 0.2) is 0 Å². The topological polar surface area (TPSA) is 52.6 Å². The van der Waals surface area contributed by atoms with E-state index < -0.39 is 0 Å². The highest BCUT2D eigenvalue weighted by Crippen LogP contribution is 2.31. The minimum atomic E-state index is 0.199. The first-order valence-corrected chi connectivity index (χ1v) is 8.85. The van der Waals surface area contributed by atoms with Crippen molar-refractivity contribution in [2.75, 3.05) is 42.5 Å². The molecule has 130 valence electrons. The Morgan fingerprint density at radius 3 is 2.72 bits per heavy atom. The van der Waals surface area contributed by atoms with Crippen molar-refractivity contribution in [3.63, 3.8) is 0 Å². The number of anilines is 2. The number of carbonyl (C=O) groups is 1. The van der Waals surface area contributed by atoms with Gasteiger partial charge in [0.2, 0.25) is 5.91 Å². The lowest BCUT2D eigenvalue weighted by Gasteiger charge is -2.36. The molecular weight excluding hydrogens is 314 g/mol. The van der Waals surface area contributed by atoms with E-state index in [2.05, 4.69) is 38.8 Å². The van der Waals surface area contributed by atoms with Gasteiger partial charge in [-0.05, 0) is 25.0 Å². The van der Waals surface area contributed by atoms with Crippen LogP contribution in [0.1, 0.15) is 12.5 Å². The summed E-state index contributed by atoms with van der Waals surface area (Å²) in [7, 11) is 0. The number of hydrogen-bond acceptors (Lipinski definition) is 5. The molecule has 0 bridgehead atoms. The van der Waals surface area contributed by atoms with E-state index in [-0.39, 0.29) is 11.9 Å². The summed E-state index contributed by atoms with van der Waals surface area (Å²) in [5, 5.41) is 0. The molecule has 0 saturated carbocycles. The number of carbonyl (C=O) groups excluding carboxylic acids is 1. The van der Waals surface area contributed by atoms with Crippen molar-refractivity contribution in [2.24, 2.45) is 0 Å². The van der Waals surface area contributed by atoms with Crippen LogP contribution in [-0.4, -0.2) is 59.5 Å². The van der Waals surface area contributed by atoms with Gasteiger partial charge in [-0.2, -0.15) is 0 Å². The van der Waals surface area contributed by atoms with Crippen LogP contribution < -0.4 is 9.80 Å². The molecule has 25 heavy (non-hydrogen) atoms. The van der Waals surface area contributed by atoms with E-state index >= 15 is 0 Å². The molecule has 4 rings (SSSR count). The Bertz CT molecular complexity index is 742. The van der Waals surface area contributed by atoms with E-state index in [1.54, 1.807) is 18.6 Å². The Balaban J connectivity index is 1.37. The summed E-state index contributed by atoms with van der Waals surface area (Å²) >= 11 is 0. The van der Waals surface area contributed by atoms with Crippen LogP contribution in [0.5, 0.6) is 0 Å². The summed E-state index contributed by atoms with van der Waals surface area (Å²) in [5.74, 6) is 1.11. The van der Waals surface area contributed by atoms with Crippen LogP contribution in [0.2, 0.25) is 0 Å². The first-order valence-electron chi connectivity index (χ1n) is 8.85. The molecule has 1 atom stereocenters. The fraction of sp³-hybridized carbons (Fsp3) is 0.421.